The molecule has 3 nitrogen and oxygen atoms in total. The van der Waals surface area contributed by atoms with Gasteiger partial charge in [-0.25, -0.2) is 0 Å². The molecule has 0 unspecified atom stereocenters. The van der Waals surface area contributed by atoms with Gasteiger partial charge in [0, 0.05) is 13.1 Å². The third kappa shape index (κ3) is 6.06. The highest BCUT2D eigenvalue weighted by Gasteiger charge is 2.03. The smallest absolute Gasteiger partial charge is 0.166 e. The first-order chi connectivity index (χ1) is 10.8. The van der Waals surface area contributed by atoms with Crippen molar-refractivity contribution in [1.29, 1.82) is 0 Å². The zero-order chi connectivity index (χ0) is 15.6. The van der Waals surface area contributed by atoms with E-state index in [9.17, 15) is 0 Å². The minimum atomic E-state index is 0.755. The number of ether oxygens (including phenoxy) is 1. The molecule has 0 aromatic heterocycles. The third-order valence-electron chi connectivity index (χ3n) is 3.97. The molecule has 0 bridgehead atoms. The molecule has 2 N–H and O–H groups in total. The Morgan fingerprint density at radius 3 is 2.45 bits per heavy atom. The molecule has 22 heavy (non-hydrogen) atoms. The molecular formula is C18H26N2OS. The second-order valence-corrected chi connectivity index (χ2v) is 6.05. The summed E-state index contributed by atoms with van der Waals surface area (Å²) < 4.78 is 5.16. The van der Waals surface area contributed by atoms with Crippen LogP contribution in [0.2, 0.25) is 0 Å². The van der Waals surface area contributed by atoms with Gasteiger partial charge in [-0.15, -0.1) is 0 Å². The van der Waals surface area contributed by atoms with Crippen molar-refractivity contribution >= 4 is 17.3 Å². The van der Waals surface area contributed by atoms with E-state index >= 15 is 0 Å². The van der Waals surface area contributed by atoms with E-state index in [0.717, 1.165) is 36.8 Å². The maximum absolute atomic E-state index is 5.31. The average Bonchev–Trinajstić information content (AvgIpc) is 2.56. The van der Waals surface area contributed by atoms with E-state index in [4.69, 9.17) is 17.0 Å². The quantitative estimate of drug-likeness (QED) is 0.594. The van der Waals surface area contributed by atoms with Gasteiger partial charge in [-0.1, -0.05) is 23.8 Å². The molecular weight excluding hydrogens is 292 g/mol. The largest absolute Gasteiger partial charge is 0.497 e. The van der Waals surface area contributed by atoms with Crippen molar-refractivity contribution in [3.8, 4) is 5.75 Å². The minimum Gasteiger partial charge on any atom is -0.497 e. The number of nitrogens with one attached hydrogen (secondary N) is 2. The van der Waals surface area contributed by atoms with E-state index in [0.29, 0.717) is 0 Å². The van der Waals surface area contributed by atoms with E-state index in [1.165, 1.54) is 31.2 Å². The van der Waals surface area contributed by atoms with E-state index in [1.54, 1.807) is 12.7 Å². The molecule has 0 amide bonds. The van der Waals surface area contributed by atoms with E-state index in [1.807, 2.05) is 12.1 Å². The van der Waals surface area contributed by atoms with Crippen molar-refractivity contribution in [2.24, 2.45) is 0 Å². The van der Waals surface area contributed by atoms with Crippen LogP contribution in [0.4, 0.5) is 0 Å². The van der Waals surface area contributed by atoms with E-state index < -0.39 is 0 Å². The number of thiocarbonyl (C=S) groups is 1. The third-order valence-corrected chi connectivity index (χ3v) is 4.26. The van der Waals surface area contributed by atoms with E-state index in [2.05, 4.69) is 28.8 Å². The van der Waals surface area contributed by atoms with Crippen LogP contribution in [0, 0.1) is 0 Å². The van der Waals surface area contributed by atoms with Gasteiger partial charge in [0.2, 0.25) is 0 Å². The van der Waals surface area contributed by atoms with Crippen LogP contribution in [-0.2, 0) is 6.42 Å². The fraction of sp³-hybridized carbons (Fsp3) is 0.500. The number of benzene rings is 1. The molecule has 0 saturated heterocycles. The van der Waals surface area contributed by atoms with Crippen LogP contribution in [0.1, 0.15) is 37.7 Å². The number of rotatable bonds is 7. The van der Waals surface area contributed by atoms with Gasteiger partial charge in [-0.2, -0.15) is 0 Å². The Hall–Kier alpha value is -1.55. The summed E-state index contributed by atoms with van der Waals surface area (Å²) >= 11 is 5.31. The summed E-state index contributed by atoms with van der Waals surface area (Å²) in [4.78, 5) is 0. The van der Waals surface area contributed by atoms with Crippen molar-refractivity contribution in [3.05, 3.63) is 41.5 Å². The molecule has 0 atom stereocenters. The molecule has 1 aliphatic rings. The van der Waals surface area contributed by atoms with Crippen LogP contribution in [0.25, 0.3) is 0 Å². The summed E-state index contributed by atoms with van der Waals surface area (Å²) in [5.41, 5.74) is 2.86. The second-order valence-electron chi connectivity index (χ2n) is 5.64. The molecule has 2 rings (SSSR count). The van der Waals surface area contributed by atoms with E-state index in [-0.39, 0.29) is 0 Å². The number of allylic oxidation sites excluding steroid dienone is 1. The van der Waals surface area contributed by atoms with Crippen molar-refractivity contribution in [3.63, 3.8) is 0 Å². The first-order valence-corrected chi connectivity index (χ1v) is 8.51. The zero-order valence-corrected chi connectivity index (χ0v) is 14.2. The Kier molecular flexibility index (Phi) is 7.23. The lowest BCUT2D eigenvalue weighted by Gasteiger charge is -2.14. The molecule has 0 spiro atoms. The molecule has 0 heterocycles. The highest BCUT2D eigenvalue weighted by atomic mass is 32.1. The first-order valence-electron chi connectivity index (χ1n) is 8.10. The summed E-state index contributed by atoms with van der Waals surface area (Å²) in [5, 5.41) is 7.32. The monoisotopic (exact) mass is 318 g/mol. The Balaban J connectivity index is 1.57. The lowest BCUT2D eigenvalue weighted by Crippen LogP contribution is -2.37. The molecule has 1 aliphatic carbocycles. The van der Waals surface area contributed by atoms with Crippen LogP contribution < -0.4 is 15.4 Å². The van der Waals surface area contributed by atoms with Crippen molar-refractivity contribution in [2.75, 3.05) is 20.2 Å². The summed E-state index contributed by atoms with van der Waals surface area (Å²) in [7, 11) is 1.68. The SMILES string of the molecule is COc1ccc(CCNC(=S)NCCC2=CCCCC2)cc1. The highest BCUT2D eigenvalue weighted by Crippen LogP contribution is 2.19. The first kappa shape index (κ1) is 16.8. The normalized spacial score (nSPS) is 14.1. The highest BCUT2D eigenvalue weighted by molar-refractivity contribution is 7.80. The summed E-state index contributed by atoms with van der Waals surface area (Å²) in [5.74, 6) is 0.894. The Bertz CT molecular complexity index is 496. The fourth-order valence-electron chi connectivity index (χ4n) is 2.64. The summed E-state index contributed by atoms with van der Waals surface area (Å²) in [6.45, 7) is 1.78. The molecule has 1 aromatic carbocycles. The maximum Gasteiger partial charge on any atom is 0.166 e. The van der Waals surface area contributed by atoms with Gasteiger partial charge in [0.05, 0.1) is 7.11 Å². The Labute approximate surface area is 139 Å². The van der Waals surface area contributed by atoms with Crippen LogP contribution in [0.15, 0.2) is 35.9 Å². The Morgan fingerprint density at radius 1 is 1.09 bits per heavy atom. The zero-order valence-electron chi connectivity index (χ0n) is 13.4. The number of methoxy groups -OCH3 is 1. The number of hydrogen-bond acceptors (Lipinski definition) is 2. The van der Waals surface area contributed by atoms with Crippen LogP contribution in [-0.4, -0.2) is 25.3 Å². The predicted octanol–water partition coefficient (Wildman–Crippen LogP) is 3.59. The average molecular weight is 318 g/mol. The van der Waals surface area contributed by atoms with Gasteiger partial charge in [0.15, 0.2) is 5.11 Å². The maximum atomic E-state index is 5.31. The molecule has 4 heteroatoms. The predicted molar refractivity (Wildman–Crippen MR) is 96.5 cm³/mol. The van der Waals surface area contributed by atoms with Crippen molar-refractivity contribution < 1.29 is 4.74 Å². The molecule has 0 saturated carbocycles. The minimum absolute atomic E-state index is 0.755. The van der Waals surface area contributed by atoms with Gasteiger partial charge in [0.25, 0.3) is 0 Å². The summed E-state index contributed by atoms with van der Waals surface area (Å²) in [6.07, 6.45) is 9.67. The van der Waals surface area contributed by atoms with Gasteiger partial charge < -0.3 is 15.4 Å². The topological polar surface area (TPSA) is 33.3 Å². The van der Waals surface area contributed by atoms with Gasteiger partial charge in [0.1, 0.15) is 5.75 Å². The molecule has 0 fully saturated rings. The fourth-order valence-corrected chi connectivity index (χ4v) is 2.85. The second kappa shape index (κ2) is 9.46. The lowest BCUT2D eigenvalue weighted by molar-refractivity contribution is 0.414. The van der Waals surface area contributed by atoms with Crippen LogP contribution >= 0.6 is 12.2 Å². The van der Waals surface area contributed by atoms with Gasteiger partial charge in [-0.3, -0.25) is 0 Å². The molecule has 0 radical (unpaired) electrons. The standard InChI is InChI=1S/C18H26N2OS/c1-21-17-9-7-16(8-10-17)12-14-20-18(22)19-13-11-15-5-3-2-4-6-15/h5,7-10H,2-4,6,11-14H2,1H3,(H2,19,20,22). The molecule has 120 valence electrons. The van der Waals surface area contributed by atoms with Gasteiger partial charge >= 0.3 is 0 Å². The van der Waals surface area contributed by atoms with Crippen molar-refractivity contribution in [2.45, 2.75) is 38.5 Å². The molecule has 1 aromatic rings. The molecule has 0 aliphatic heterocycles. The van der Waals surface area contributed by atoms with Crippen LogP contribution in [0.3, 0.4) is 0 Å². The lowest BCUT2D eigenvalue weighted by atomic mass is 9.97. The van der Waals surface area contributed by atoms with Crippen molar-refractivity contribution in [1.82, 2.24) is 10.6 Å². The van der Waals surface area contributed by atoms with Crippen LogP contribution in [0.5, 0.6) is 5.75 Å². The summed E-state index contributed by atoms with van der Waals surface area (Å²) in [6, 6.07) is 8.16. The van der Waals surface area contributed by atoms with Gasteiger partial charge in [-0.05, 0) is 68.4 Å². The number of hydrogen-bond donors (Lipinski definition) is 2. The Morgan fingerprint density at radius 2 is 1.82 bits per heavy atom.